The molecule has 1 N–H and O–H groups in total. The van der Waals surface area contributed by atoms with E-state index in [9.17, 15) is 0 Å². The minimum absolute atomic E-state index is 0.517. The molecule has 0 bridgehead atoms. The molecule has 0 atom stereocenters. The van der Waals surface area contributed by atoms with Gasteiger partial charge in [0.15, 0.2) is 0 Å². The zero-order valence-electron chi connectivity index (χ0n) is 6.88. The third-order valence-corrected chi connectivity index (χ3v) is 1.50. The standard InChI is InChI=1S/C9H8N4/c1-2-4-8(5-3-1)12-13-9-10-6-7-11-9/h1-7H,(H,10,11)/b13-12+. The molecule has 1 aromatic carbocycles. The summed E-state index contributed by atoms with van der Waals surface area (Å²) in [6, 6.07) is 9.53. The number of hydrogen-bond acceptors (Lipinski definition) is 3. The fourth-order valence-corrected chi connectivity index (χ4v) is 0.911. The van der Waals surface area contributed by atoms with E-state index in [1.165, 1.54) is 0 Å². The van der Waals surface area contributed by atoms with Crippen molar-refractivity contribution < 1.29 is 0 Å². The molecule has 0 aliphatic heterocycles. The molecule has 0 aliphatic rings. The molecule has 4 heteroatoms. The van der Waals surface area contributed by atoms with E-state index in [-0.39, 0.29) is 0 Å². The summed E-state index contributed by atoms with van der Waals surface area (Å²) >= 11 is 0. The summed E-state index contributed by atoms with van der Waals surface area (Å²) in [6.07, 6.45) is 3.35. The predicted octanol–water partition coefficient (Wildman–Crippen LogP) is 2.83. The molecule has 0 radical (unpaired) electrons. The van der Waals surface area contributed by atoms with Crippen molar-refractivity contribution in [2.45, 2.75) is 0 Å². The zero-order chi connectivity index (χ0) is 8.93. The minimum Gasteiger partial charge on any atom is -0.328 e. The van der Waals surface area contributed by atoms with Gasteiger partial charge >= 0.3 is 0 Å². The molecule has 2 rings (SSSR count). The smallest absolute Gasteiger partial charge is 0.246 e. The van der Waals surface area contributed by atoms with Gasteiger partial charge in [-0.1, -0.05) is 18.2 Å². The maximum absolute atomic E-state index is 3.98. The van der Waals surface area contributed by atoms with Crippen molar-refractivity contribution in [3.05, 3.63) is 42.7 Å². The summed E-state index contributed by atoms with van der Waals surface area (Å²) in [7, 11) is 0. The van der Waals surface area contributed by atoms with Crippen LogP contribution in [0.5, 0.6) is 0 Å². The zero-order valence-corrected chi connectivity index (χ0v) is 6.88. The van der Waals surface area contributed by atoms with Gasteiger partial charge in [0, 0.05) is 12.4 Å². The van der Waals surface area contributed by atoms with E-state index in [2.05, 4.69) is 20.2 Å². The molecule has 0 amide bonds. The van der Waals surface area contributed by atoms with E-state index in [0.717, 1.165) is 5.69 Å². The van der Waals surface area contributed by atoms with Gasteiger partial charge in [0.05, 0.1) is 5.69 Å². The Kier molecular flexibility index (Phi) is 2.14. The second-order valence-corrected chi connectivity index (χ2v) is 2.45. The molecule has 0 spiro atoms. The molecule has 0 fully saturated rings. The summed E-state index contributed by atoms with van der Waals surface area (Å²) < 4.78 is 0. The molecule has 2 aromatic rings. The largest absolute Gasteiger partial charge is 0.328 e. The average molecular weight is 172 g/mol. The van der Waals surface area contributed by atoms with Gasteiger partial charge in [-0.3, -0.25) is 0 Å². The van der Waals surface area contributed by atoms with Crippen LogP contribution in [0.2, 0.25) is 0 Å². The quantitative estimate of drug-likeness (QED) is 0.695. The normalized spacial score (nSPS) is 10.8. The fraction of sp³-hybridized carbons (Fsp3) is 0. The first-order chi connectivity index (χ1) is 6.45. The van der Waals surface area contributed by atoms with Crippen molar-refractivity contribution in [2.75, 3.05) is 0 Å². The van der Waals surface area contributed by atoms with Gasteiger partial charge in [-0.15, -0.1) is 10.2 Å². The number of aromatic amines is 1. The topological polar surface area (TPSA) is 53.4 Å². The number of H-pyrrole nitrogens is 1. The van der Waals surface area contributed by atoms with Crippen LogP contribution in [0.3, 0.4) is 0 Å². The Balaban J connectivity index is 2.15. The first kappa shape index (κ1) is 7.67. The summed E-state index contributed by atoms with van der Waals surface area (Å²) in [5.41, 5.74) is 0.818. The number of nitrogens with zero attached hydrogens (tertiary/aromatic N) is 3. The van der Waals surface area contributed by atoms with Crippen molar-refractivity contribution in [1.82, 2.24) is 9.97 Å². The Morgan fingerprint density at radius 3 is 2.62 bits per heavy atom. The monoisotopic (exact) mass is 172 g/mol. The Morgan fingerprint density at radius 1 is 1.08 bits per heavy atom. The molecule has 4 nitrogen and oxygen atoms in total. The number of aromatic nitrogens is 2. The molecule has 1 aromatic heterocycles. The van der Waals surface area contributed by atoms with E-state index in [1.807, 2.05) is 30.3 Å². The van der Waals surface area contributed by atoms with Gasteiger partial charge in [-0.25, -0.2) is 4.98 Å². The van der Waals surface area contributed by atoms with Crippen LogP contribution in [-0.2, 0) is 0 Å². The number of benzene rings is 1. The Hall–Kier alpha value is -1.97. The maximum Gasteiger partial charge on any atom is 0.246 e. The number of nitrogens with one attached hydrogen (secondary N) is 1. The third kappa shape index (κ3) is 1.99. The van der Waals surface area contributed by atoms with E-state index in [1.54, 1.807) is 12.4 Å². The molecular formula is C9H8N4. The van der Waals surface area contributed by atoms with Gasteiger partial charge in [0.1, 0.15) is 0 Å². The van der Waals surface area contributed by atoms with Crippen molar-refractivity contribution in [3.63, 3.8) is 0 Å². The number of rotatable bonds is 2. The minimum atomic E-state index is 0.517. The van der Waals surface area contributed by atoms with Gasteiger partial charge in [-0.05, 0) is 12.1 Å². The van der Waals surface area contributed by atoms with Crippen molar-refractivity contribution in [1.29, 1.82) is 0 Å². The lowest BCUT2D eigenvalue weighted by Crippen LogP contribution is -1.64. The second-order valence-electron chi connectivity index (χ2n) is 2.45. The molecular weight excluding hydrogens is 164 g/mol. The fourth-order valence-electron chi connectivity index (χ4n) is 0.911. The lowest BCUT2D eigenvalue weighted by atomic mass is 10.3. The SMILES string of the molecule is c1ccc(/N=N/c2ncc[nH]2)cc1. The highest BCUT2D eigenvalue weighted by Crippen LogP contribution is 2.13. The van der Waals surface area contributed by atoms with E-state index >= 15 is 0 Å². The van der Waals surface area contributed by atoms with Crippen molar-refractivity contribution in [2.24, 2.45) is 10.2 Å². The van der Waals surface area contributed by atoms with Crippen LogP contribution < -0.4 is 0 Å². The molecule has 0 saturated carbocycles. The van der Waals surface area contributed by atoms with E-state index in [0.29, 0.717) is 5.95 Å². The van der Waals surface area contributed by atoms with E-state index in [4.69, 9.17) is 0 Å². The highest BCUT2D eigenvalue weighted by Gasteiger charge is 1.88. The van der Waals surface area contributed by atoms with Gasteiger partial charge in [-0.2, -0.15) is 0 Å². The molecule has 0 unspecified atom stereocenters. The van der Waals surface area contributed by atoms with Crippen molar-refractivity contribution >= 4 is 11.6 Å². The molecule has 0 aliphatic carbocycles. The number of azo groups is 1. The first-order valence-corrected chi connectivity index (χ1v) is 3.91. The molecule has 1 heterocycles. The van der Waals surface area contributed by atoms with E-state index < -0.39 is 0 Å². The number of hydrogen-bond donors (Lipinski definition) is 1. The van der Waals surface area contributed by atoms with Crippen LogP contribution in [0.15, 0.2) is 53.0 Å². The van der Waals surface area contributed by atoms with Crippen LogP contribution >= 0.6 is 0 Å². The Bertz CT molecular complexity index is 377. The van der Waals surface area contributed by atoms with Gasteiger partial charge in [0.25, 0.3) is 0 Å². The summed E-state index contributed by atoms with van der Waals surface area (Å²) in [5, 5.41) is 7.87. The van der Waals surface area contributed by atoms with Gasteiger partial charge in [0.2, 0.25) is 5.95 Å². The lowest BCUT2D eigenvalue weighted by molar-refractivity contribution is 1.12. The number of imidazole rings is 1. The Labute approximate surface area is 75.4 Å². The molecule has 0 saturated heterocycles. The summed E-state index contributed by atoms with van der Waals surface area (Å²) in [6.45, 7) is 0. The van der Waals surface area contributed by atoms with Crippen LogP contribution in [0, 0.1) is 0 Å². The average Bonchev–Trinajstić information content (AvgIpc) is 2.69. The van der Waals surface area contributed by atoms with Crippen molar-refractivity contribution in [3.8, 4) is 0 Å². The van der Waals surface area contributed by atoms with Crippen LogP contribution in [0.25, 0.3) is 0 Å². The van der Waals surface area contributed by atoms with Crippen LogP contribution in [-0.4, -0.2) is 9.97 Å². The molecule has 64 valence electrons. The van der Waals surface area contributed by atoms with Crippen LogP contribution in [0.1, 0.15) is 0 Å². The highest BCUT2D eigenvalue weighted by atomic mass is 15.2. The van der Waals surface area contributed by atoms with Crippen LogP contribution in [0.4, 0.5) is 11.6 Å². The lowest BCUT2D eigenvalue weighted by Gasteiger charge is -1.87. The summed E-state index contributed by atoms with van der Waals surface area (Å²) in [5.74, 6) is 0.517. The third-order valence-electron chi connectivity index (χ3n) is 1.50. The van der Waals surface area contributed by atoms with Gasteiger partial charge < -0.3 is 4.98 Å². The highest BCUT2D eigenvalue weighted by molar-refractivity contribution is 5.35. The molecule has 13 heavy (non-hydrogen) atoms. The Morgan fingerprint density at radius 2 is 1.92 bits per heavy atom. The predicted molar refractivity (Wildman–Crippen MR) is 49.2 cm³/mol. The maximum atomic E-state index is 3.98. The summed E-state index contributed by atoms with van der Waals surface area (Å²) in [4.78, 5) is 6.75. The first-order valence-electron chi connectivity index (χ1n) is 3.91. The second kappa shape index (κ2) is 3.62.